The third kappa shape index (κ3) is 5.63. The first kappa shape index (κ1) is 21.6. The fourth-order valence-corrected chi connectivity index (χ4v) is 4.04. The Labute approximate surface area is 166 Å². The van der Waals surface area contributed by atoms with Gasteiger partial charge in [-0.15, -0.1) is 0 Å². The summed E-state index contributed by atoms with van der Waals surface area (Å²) in [6.07, 6.45) is 1.43. The number of benzene rings is 2. The maximum atomic E-state index is 12.7. The normalized spacial score (nSPS) is 12.1. The molecule has 0 fully saturated rings. The summed E-state index contributed by atoms with van der Waals surface area (Å²) in [5.41, 5.74) is 0.456. The monoisotopic (exact) mass is 406 g/mol. The summed E-state index contributed by atoms with van der Waals surface area (Å²) >= 11 is 0. The van der Waals surface area contributed by atoms with Crippen molar-refractivity contribution in [3.05, 3.63) is 54.6 Å². The molecule has 7 nitrogen and oxygen atoms in total. The van der Waals surface area contributed by atoms with Crippen LogP contribution in [0, 0.1) is 0 Å². The van der Waals surface area contributed by atoms with Crippen molar-refractivity contribution < 1.29 is 22.7 Å². The van der Waals surface area contributed by atoms with Crippen molar-refractivity contribution in [2.75, 3.05) is 30.8 Å². The molecule has 28 heavy (non-hydrogen) atoms. The summed E-state index contributed by atoms with van der Waals surface area (Å²) in [7, 11) is -2.08. The number of rotatable bonds is 10. The van der Waals surface area contributed by atoms with Crippen molar-refractivity contribution in [3.8, 4) is 11.5 Å². The van der Waals surface area contributed by atoms with E-state index in [1.165, 1.54) is 0 Å². The lowest BCUT2D eigenvalue weighted by atomic mass is 10.2. The zero-order valence-electron chi connectivity index (χ0n) is 16.3. The minimum Gasteiger partial charge on any atom is -0.493 e. The summed E-state index contributed by atoms with van der Waals surface area (Å²) in [5, 5.41) is 2.75. The maximum absolute atomic E-state index is 12.7. The van der Waals surface area contributed by atoms with Crippen molar-refractivity contribution in [1.82, 2.24) is 5.32 Å². The third-order valence-electron chi connectivity index (χ3n) is 4.07. The van der Waals surface area contributed by atoms with Gasteiger partial charge in [0, 0.05) is 0 Å². The third-order valence-corrected chi connectivity index (χ3v) is 5.25. The van der Waals surface area contributed by atoms with Gasteiger partial charge in [-0.2, -0.15) is 0 Å². The van der Waals surface area contributed by atoms with Gasteiger partial charge in [-0.05, 0) is 30.7 Å². The first-order valence-electron chi connectivity index (χ1n) is 8.96. The quantitative estimate of drug-likeness (QED) is 0.613. The number of para-hydroxylation sites is 3. The first-order chi connectivity index (χ1) is 13.4. The molecule has 0 bridgehead atoms. The molecule has 0 aromatic heterocycles. The number of ether oxygens (including phenoxy) is 2. The Morgan fingerprint density at radius 1 is 1.07 bits per heavy atom. The molecule has 0 aliphatic rings. The topological polar surface area (TPSA) is 84.9 Å². The van der Waals surface area contributed by atoms with E-state index in [1.807, 2.05) is 12.1 Å². The number of carbonyl (C=O) groups is 1. The summed E-state index contributed by atoms with van der Waals surface area (Å²) in [6.45, 7) is 2.24. The van der Waals surface area contributed by atoms with E-state index in [9.17, 15) is 13.2 Å². The molecule has 1 N–H and O–H groups in total. The molecular weight excluding hydrogens is 380 g/mol. The van der Waals surface area contributed by atoms with Crippen molar-refractivity contribution in [2.45, 2.75) is 19.4 Å². The molecule has 0 spiro atoms. The molecule has 152 valence electrons. The number of sulfonamides is 1. The second-order valence-electron chi connectivity index (χ2n) is 6.11. The Hall–Kier alpha value is -2.74. The number of nitrogens with zero attached hydrogens (tertiary/aromatic N) is 1. The van der Waals surface area contributed by atoms with Gasteiger partial charge < -0.3 is 14.8 Å². The minimum atomic E-state index is -3.63. The van der Waals surface area contributed by atoms with Crippen LogP contribution in [-0.4, -0.2) is 46.9 Å². The summed E-state index contributed by atoms with van der Waals surface area (Å²) in [5.74, 6) is 0.807. The van der Waals surface area contributed by atoms with Gasteiger partial charge in [0.25, 0.3) is 0 Å². The predicted molar refractivity (Wildman–Crippen MR) is 109 cm³/mol. The number of amides is 1. The number of carbonyl (C=O) groups excluding carboxylic acids is 1. The van der Waals surface area contributed by atoms with Gasteiger partial charge in [0.1, 0.15) is 12.6 Å². The Bertz CT molecular complexity index is 871. The molecule has 0 aliphatic heterocycles. The molecule has 1 atom stereocenters. The Morgan fingerprint density at radius 2 is 1.68 bits per heavy atom. The highest BCUT2D eigenvalue weighted by atomic mass is 32.2. The molecule has 2 aromatic rings. The van der Waals surface area contributed by atoms with E-state index in [2.05, 4.69) is 5.32 Å². The number of hydrogen-bond donors (Lipinski definition) is 1. The van der Waals surface area contributed by atoms with Crippen LogP contribution < -0.4 is 19.1 Å². The number of hydrogen-bond acceptors (Lipinski definition) is 5. The fourth-order valence-electron chi connectivity index (χ4n) is 2.83. The molecule has 1 amide bonds. The molecule has 8 heteroatoms. The number of nitrogens with one attached hydrogen (secondary N) is 1. The van der Waals surface area contributed by atoms with Crippen molar-refractivity contribution in [2.24, 2.45) is 0 Å². The lowest BCUT2D eigenvalue weighted by molar-refractivity contribution is -0.122. The SMILES string of the molecule is CC[C@@H](C(=O)NCCOc1ccccc1OC)N(c1ccccc1)S(C)(=O)=O. The molecule has 0 saturated carbocycles. The minimum absolute atomic E-state index is 0.229. The smallest absolute Gasteiger partial charge is 0.244 e. The lowest BCUT2D eigenvalue weighted by Crippen LogP contribution is -2.49. The molecule has 2 rings (SSSR count). The van der Waals surface area contributed by atoms with Gasteiger partial charge in [0.15, 0.2) is 11.5 Å². The van der Waals surface area contributed by atoms with E-state index in [1.54, 1.807) is 56.5 Å². The molecule has 2 aromatic carbocycles. The first-order valence-corrected chi connectivity index (χ1v) is 10.8. The van der Waals surface area contributed by atoms with Crippen LogP contribution >= 0.6 is 0 Å². The average Bonchev–Trinajstić information content (AvgIpc) is 2.69. The van der Waals surface area contributed by atoms with Gasteiger partial charge in [0.05, 0.1) is 25.6 Å². The average molecular weight is 407 g/mol. The van der Waals surface area contributed by atoms with Gasteiger partial charge in [-0.25, -0.2) is 8.42 Å². The largest absolute Gasteiger partial charge is 0.493 e. The number of methoxy groups -OCH3 is 1. The van der Waals surface area contributed by atoms with Gasteiger partial charge in [-0.1, -0.05) is 37.3 Å². The van der Waals surface area contributed by atoms with Crippen LogP contribution in [0.3, 0.4) is 0 Å². The van der Waals surface area contributed by atoms with Gasteiger partial charge in [-0.3, -0.25) is 9.10 Å². The summed E-state index contributed by atoms with van der Waals surface area (Å²) in [6, 6.07) is 15.0. The highest BCUT2D eigenvalue weighted by molar-refractivity contribution is 7.92. The Kier molecular flexibility index (Phi) is 7.69. The second kappa shape index (κ2) is 9.98. The van der Waals surface area contributed by atoms with Crippen LogP contribution in [0.4, 0.5) is 5.69 Å². The van der Waals surface area contributed by atoms with Crippen LogP contribution in [0.15, 0.2) is 54.6 Å². The predicted octanol–water partition coefficient (Wildman–Crippen LogP) is 2.44. The molecule has 0 unspecified atom stereocenters. The highest BCUT2D eigenvalue weighted by Crippen LogP contribution is 2.25. The van der Waals surface area contributed by atoms with E-state index in [0.717, 1.165) is 10.6 Å². The van der Waals surface area contributed by atoms with E-state index in [-0.39, 0.29) is 19.1 Å². The van der Waals surface area contributed by atoms with Crippen molar-refractivity contribution in [3.63, 3.8) is 0 Å². The van der Waals surface area contributed by atoms with E-state index < -0.39 is 16.1 Å². The van der Waals surface area contributed by atoms with Crippen LogP contribution in [-0.2, 0) is 14.8 Å². The van der Waals surface area contributed by atoms with Crippen LogP contribution in [0.5, 0.6) is 11.5 Å². The molecule has 0 saturated heterocycles. The van der Waals surface area contributed by atoms with E-state index in [0.29, 0.717) is 23.6 Å². The Balaban J connectivity index is 2.02. The van der Waals surface area contributed by atoms with Crippen molar-refractivity contribution in [1.29, 1.82) is 0 Å². The summed E-state index contributed by atoms with van der Waals surface area (Å²) in [4.78, 5) is 12.7. The zero-order valence-corrected chi connectivity index (χ0v) is 17.1. The second-order valence-corrected chi connectivity index (χ2v) is 7.97. The van der Waals surface area contributed by atoms with E-state index in [4.69, 9.17) is 9.47 Å². The van der Waals surface area contributed by atoms with Gasteiger partial charge >= 0.3 is 0 Å². The molecule has 0 heterocycles. The van der Waals surface area contributed by atoms with Gasteiger partial charge in [0.2, 0.25) is 15.9 Å². The van der Waals surface area contributed by atoms with Crippen LogP contribution in [0.1, 0.15) is 13.3 Å². The summed E-state index contributed by atoms with van der Waals surface area (Å²) < 4.78 is 36.7. The lowest BCUT2D eigenvalue weighted by Gasteiger charge is -2.30. The highest BCUT2D eigenvalue weighted by Gasteiger charge is 2.31. The van der Waals surface area contributed by atoms with Crippen LogP contribution in [0.25, 0.3) is 0 Å². The maximum Gasteiger partial charge on any atom is 0.244 e. The van der Waals surface area contributed by atoms with E-state index >= 15 is 0 Å². The molecule has 0 radical (unpaired) electrons. The van der Waals surface area contributed by atoms with Crippen LogP contribution in [0.2, 0.25) is 0 Å². The Morgan fingerprint density at radius 3 is 2.25 bits per heavy atom. The van der Waals surface area contributed by atoms with Crippen molar-refractivity contribution >= 4 is 21.6 Å². The fraction of sp³-hybridized carbons (Fsp3) is 0.350. The number of anilines is 1. The standard InChI is InChI=1S/C20H26N2O5S/c1-4-17(22(28(3,24)25)16-10-6-5-7-11-16)20(23)21-14-15-27-19-13-9-8-12-18(19)26-2/h5-13,17H,4,14-15H2,1-3H3,(H,21,23)/t17-/m0/s1. The molecule has 0 aliphatic carbocycles. The zero-order chi connectivity index (χ0) is 20.6. The molecular formula is C20H26N2O5S.